The van der Waals surface area contributed by atoms with E-state index in [9.17, 15) is 9.90 Å². The second-order valence-corrected chi connectivity index (χ2v) is 3.16. The van der Waals surface area contributed by atoms with Crippen LogP contribution in [0.4, 0.5) is 0 Å². The molecule has 0 heterocycles. The Kier molecular flexibility index (Phi) is 2.28. The predicted octanol–water partition coefficient (Wildman–Crippen LogP) is 2.02. The zero-order valence-electron chi connectivity index (χ0n) is 7.88. The van der Waals surface area contributed by atoms with Crippen LogP contribution in [0.1, 0.15) is 27.0 Å². The van der Waals surface area contributed by atoms with Crippen LogP contribution in [0, 0.1) is 20.8 Å². The molecule has 0 unspecified atom stereocenters. The molecule has 0 fully saturated rings. The topological polar surface area (TPSA) is 57.5 Å². The number of hydrogen-bond donors (Lipinski definition) is 2. The number of carboxylic acids is 1. The summed E-state index contributed by atoms with van der Waals surface area (Å²) < 4.78 is 0. The molecule has 3 nitrogen and oxygen atoms in total. The third-order valence-corrected chi connectivity index (χ3v) is 2.22. The van der Waals surface area contributed by atoms with Crippen LogP contribution in [0.25, 0.3) is 0 Å². The van der Waals surface area contributed by atoms with E-state index in [0.29, 0.717) is 11.1 Å². The van der Waals surface area contributed by atoms with Gasteiger partial charge in [0.15, 0.2) is 0 Å². The molecule has 70 valence electrons. The van der Waals surface area contributed by atoms with Gasteiger partial charge in [-0.25, -0.2) is 4.79 Å². The molecule has 0 saturated carbocycles. The predicted molar refractivity (Wildman–Crippen MR) is 49.3 cm³/mol. The van der Waals surface area contributed by atoms with E-state index >= 15 is 0 Å². The fourth-order valence-electron chi connectivity index (χ4n) is 1.34. The fourth-order valence-corrected chi connectivity index (χ4v) is 1.34. The van der Waals surface area contributed by atoms with Gasteiger partial charge in [0.1, 0.15) is 11.3 Å². The van der Waals surface area contributed by atoms with Crippen molar-refractivity contribution < 1.29 is 15.0 Å². The molecule has 0 bridgehead atoms. The number of aromatic carboxylic acids is 1. The van der Waals surface area contributed by atoms with Crippen LogP contribution in [0.2, 0.25) is 0 Å². The molecule has 0 spiro atoms. The van der Waals surface area contributed by atoms with E-state index < -0.39 is 5.97 Å². The van der Waals surface area contributed by atoms with E-state index in [2.05, 4.69) is 0 Å². The van der Waals surface area contributed by atoms with Crippen LogP contribution in [0.15, 0.2) is 6.07 Å². The lowest BCUT2D eigenvalue weighted by Crippen LogP contribution is -2.02. The van der Waals surface area contributed by atoms with Gasteiger partial charge in [0, 0.05) is 0 Å². The zero-order chi connectivity index (χ0) is 10.2. The van der Waals surface area contributed by atoms with Gasteiger partial charge in [0.2, 0.25) is 0 Å². The lowest BCUT2D eigenvalue weighted by atomic mass is 9.99. The summed E-state index contributed by atoms with van der Waals surface area (Å²) in [6.45, 7) is 5.22. The lowest BCUT2D eigenvalue weighted by molar-refractivity contribution is 0.0692. The molecule has 0 atom stereocenters. The smallest absolute Gasteiger partial charge is 0.339 e. The molecule has 1 aromatic rings. The molecule has 1 aromatic carbocycles. The molecule has 0 radical (unpaired) electrons. The summed E-state index contributed by atoms with van der Waals surface area (Å²) in [4.78, 5) is 10.7. The number of hydrogen-bond acceptors (Lipinski definition) is 2. The van der Waals surface area contributed by atoms with Crippen molar-refractivity contribution in [2.45, 2.75) is 20.8 Å². The molecular weight excluding hydrogens is 168 g/mol. The lowest BCUT2D eigenvalue weighted by Gasteiger charge is -2.09. The van der Waals surface area contributed by atoms with Crippen molar-refractivity contribution in [3.63, 3.8) is 0 Å². The van der Waals surface area contributed by atoms with Crippen molar-refractivity contribution in [2.24, 2.45) is 0 Å². The SMILES string of the molecule is Cc1cc(C)c(C(=O)O)c(O)c1C. The summed E-state index contributed by atoms with van der Waals surface area (Å²) in [5.41, 5.74) is 2.12. The average Bonchev–Trinajstić information content (AvgIpc) is 1.99. The van der Waals surface area contributed by atoms with Crippen molar-refractivity contribution in [3.05, 3.63) is 28.3 Å². The van der Waals surface area contributed by atoms with Crippen LogP contribution in [-0.2, 0) is 0 Å². The maximum atomic E-state index is 10.7. The van der Waals surface area contributed by atoms with Crippen LogP contribution in [0.5, 0.6) is 5.75 Å². The first kappa shape index (κ1) is 9.58. The first-order valence-corrected chi connectivity index (χ1v) is 3.98. The van der Waals surface area contributed by atoms with Crippen molar-refractivity contribution >= 4 is 5.97 Å². The molecule has 0 aliphatic carbocycles. The summed E-state index contributed by atoms with van der Waals surface area (Å²) in [6.07, 6.45) is 0. The highest BCUT2D eigenvalue weighted by Crippen LogP contribution is 2.27. The van der Waals surface area contributed by atoms with Gasteiger partial charge >= 0.3 is 5.97 Å². The van der Waals surface area contributed by atoms with E-state index in [-0.39, 0.29) is 11.3 Å². The Bertz CT molecular complexity index is 367. The maximum Gasteiger partial charge on any atom is 0.339 e. The highest BCUT2D eigenvalue weighted by molar-refractivity contribution is 5.93. The van der Waals surface area contributed by atoms with Crippen molar-refractivity contribution in [3.8, 4) is 5.75 Å². The summed E-state index contributed by atoms with van der Waals surface area (Å²) in [7, 11) is 0. The zero-order valence-corrected chi connectivity index (χ0v) is 7.88. The number of aryl methyl sites for hydroxylation is 2. The Morgan fingerprint density at radius 3 is 2.23 bits per heavy atom. The third kappa shape index (κ3) is 1.49. The monoisotopic (exact) mass is 180 g/mol. The molecule has 0 aliphatic rings. The molecule has 0 saturated heterocycles. The standard InChI is InChI=1S/C10H12O3/c1-5-4-6(2)8(10(12)13)9(11)7(5)3/h4,11H,1-3H3,(H,12,13). The Morgan fingerprint density at radius 2 is 1.77 bits per heavy atom. The molecular formula is C10H12O3. The summed E-state index contributed by atoms with van der Waals surface area (Å²) >= 11 is 0. The number of benzene rings is 1. The van der Waals surface area contributed by atoms with Crippen molar-refractivity contribution in [2.75, 3.05) is 0 Å². The molecule has 0 aromatic heterocycles. The molecule has 0 amide bonds. The van der Waals surface area contributed by atoms with Gasteiger partial charge in [0.05, 0.1) is 0 Å². The maximum absolute atomic E-state index is 10.7. The quantitative estimate of drug-likeness (QED) is 0.695. The van der Waals surface area contributed by atoms with Gasteiger partial charge in [-0.2, -0.15) is 0 Å². The number of carboxylic acid groups (broad SMARTS) is 1. The van der Waals surface area contributed by atoms with Gasteiger partial charge in [-0.1, -0.05) is 6.07 Å². The Morgan fingerprint density at radius 1 is 1.23 bits per heavy atom. The summed E-state index contributed by atoms with van der Waals surface area (Å²) in [6, 6.07) is 1.76. The third-order valence-electron chi connectivity index (χ3n) is 2.22. The molecule has 1 rings (SSSR count). The van der Waals surface area contributed by atoms with E-state index in [1.54, 1.807) is 19.9 Å². The normalized spacial score (nSPS) is 10.1. The molecule has 2 N–H and O–H groups in total. The van der Waals surface area contributed by atoms with Gasteiger partial charge in [-0.05, 0) is 37.5 Å². The Hall–Kier alpha value is -1.51. The molecule has 3 heteroatoms. The highest BCUT2D eigenvalue weighted by Gasteiger charge is 2.16. The van der Waals surface area contributed by atoms with E-state index in [0.717, 1.165) is 5.56 Å². The first-order chi connectivity index (χ1) is 5.95. The number of rotatable bonds is 1. The van der Waals surface area contributed by atoms with Crippen LogP contribution >= 0.6 is 0 Å². The average molecular weight is 180 g/mol. The second-order valence-electron chi connectivity index (χ2n) is 3.16. The highest BCUT2D eigenvalue weighted by atomic mass is 16.4. The minimum Gasteiger partial charge on any atom is -0.507 e. The van der Waals surface area contributed by atoms with Crippen LogP contribution in [-0.4, -0.2) is 16.2 Å². The first-order valence-electron chi connectivity index (χ1n) is 3.98. The molecule has 0 aliphatic heterocycles. The van der Waals surface area contributed by atoms with Gasteiger partial charge in [0.25, 0.3) is 0 Å². The largest absolute Gasteiger partial charge is 0.507 e. The second kappa shape index (κ2) is 3.09. The number of carbonyl (C=O) groups is 1. The van der Waals surface area contributed by atoms with Crippen LogP contribution < -0.4 is 0 Å². The summed E-state index contributed by atoms with van der Waals surface area (Å²) in [5.74, 6) is -1.21. The summed E-state index contributed by atoms with van der Waals surface area (Å²) in [5, 5.41) is 18.4. The Labute approximate surface area is 76.6 Å². The van der Waals surface area contributed by atoms with Crippen molar-refractivity contribution in [1.82, 2.24) is 0 Å². The van der Waals surface area contributed by atoms with E-state index in [4.69, 9.17) is 5.11 Å². The Balaban J connectivity index is 3.53. The molecule has 13 heavy (non-hydrogen) atoms. The van der Waals surface area contributed by atoms with Gasteiger partial charge in [-0.3, -0.25) is 0 Å². The fraction of sp³-hybridized carbons (Fsp3) is 0.300. The van der Waals surface area contributed by atoms with Gasteiger partial charge in [-0.15, -0.1) is 0 Å². The van der Waals surface area contributed by atoms with E-state index in [1.165, 1.54) is 0 Å². The number of phenols is 1. The van der Waals surface area contributed by atoms with Crippen LogP contribution in [0.3, 0.4) is 0 Å². The van der Waals surface area contributed by atoms with Gasteiger partial charge < -0.3 is 10.2 Å². The minimum absolute atomic E-state index is 0.00287. The minimum atomic E-state index is -1.09. The number of aromatic hydroxyl groups is 1. The van der Waals surface area contributed by atoms with E-state index in [1.807, 2.05) is 6.92 Å². The van der Waals surface area contributed by atoms with Crippen molar-refractivity contribution in [1.29, 1.82) is 0 Å².